The van der Waals surface area contributed by atoms with Crippen molar-refractivity contribution in [1.29, 1.82) is 0 Å². The number of amides is 1. The third-order valence-corrected chi connectivity index (χ3v) is 8.65. The highest BCUT2D eigenvalue weighted by atomic mass is 31.2. The molecular weight excluding hydrogens is 485 g/mol. The number of rotatable bonds is 4. The van der Waals surface area contributed by atoms with Gasteiger partial charge in [-0.3, -0.25) is 9.78 Å². The van der Waals surface area contributed by atoms with Crippen molar-refractivity contribution in [2.24, 2.45) is 0 Å². The van der Waals surface area contributed by atoms with Gasteiger partial charge in [0.25, 0.3) is 5.91 Å². The predicted octanol–water partition coefficient (Wildman–Crippen LogP) is 4.91. The standard InChI is InChI=1S/C26H23F2N4O3P/c1-31-20-12-17(22-16(25(31)33)5-4-6-21(22)35-26(27)28)23-19-11-14(9-10-32(19)30-24(20)23)18-8-7-15(13-29-18)36(2,3)34/h4-11,13,17,20,26H,12H2,1-3H3/t17-,20-/m1/s1. The highest BCUT2D eigenvalue weighted by molar-refractivity contribution is 7.70. The summed E-state index contributed by atoms with van der Waals surface area (Å²) in [6.07, 6.45) is 4.01. The molecule has 36 heavy (non-hydrogen) atoms. The van der Waals surface area contributed by atoms with Crippen LogP contribution in [0.2, 0.25) is 0 Å². The maximum atomic E-state index is 13.3. The topological polar surface area (TPSA) is 76.8 Å². The van der Waals surface area contributed by atoms with Gasteiger partial charge in [-0.2, -0.15) is 13.9 Å². The summed E-state index contributed by atoms with van der Waals surface area (Å²) in [5, 5.41) is 5.49. The van der Waals surface area contributed by atoms with Crippen molar-refractivity contribution in [3.05, 3.63) is 77.2 Å². The van der Waals surface area contributed by atoms with Gasteiger partial charge < -0.3 is 14.2 Å². The van der Waals surface area contributed by atoms with E-state index in [0.29, 0.717) is 22.9 Å². The Bertz CT molecular complexity index is 1580. The van der Waals surface area contributed by atoms with Crippen molar-refractivity contribution >= 4 is 23.9 Å². The lowest BCUT2D eigenvalue weighted by atomic mass is 9.88. The molecule has 1 aromatic carbocycles. The first kappa shape index (κ1) is 22.9. The molecule has 7 nitrogen and oxygen atoms in total. The largest absolute Gasteiger partial charge is 0.434 e. The first-order chi connectivity index (χ1) is 17.1. The van der Waals surface area contributed by atoms with Gasteiger partial charge in [-0.1, -0.05) is 6.07 Å². The molecule has 3 aromatic heterocycles. The molecule has 1 amide bonds. The lowest BCUT2D eigenvalue weighted by Gasteiger charge is -2.23. The number of alkyl halides is 2. The van der Waals surface area contributed by atoms with E-state index in [1.807, 2.05) is 30.5 Å². The summed E-state index contributed by atoms with van der Waals surface area (Å²) >= 11 is 0. The molecule has 1 aliphatic heterocycles. The van der Waals surface area contributed by atoms with E-state index in [0.717, 1.165) is 28.0 Å². The minimum atomic E-state index is -3.00. The SMILES string of the molecule is CN1C(=O)c2cccc(OC(F)F)c2[C@H]2C[C@@H]1c1nn3ccc(-c4ccc(P(C)(C)=O)cn4)cc3c12. The van der Waals surface area contributed by atoms with Crippen LogP contribution in [0, 0.1) is 0 Å². The van der Waals surface area contributed by atoms with Gasteiger partial charge in [-0.15, -0.1) is 0 Å². The van der Waals surface area contributed by atoms with E-state index in [1.54, 1.807) is 48.1 Å². The second-order valence-corrected chi connectivity index (χ2v) is 12.8. The smallest absolute Gasteiger partial charge is 0.387 e. The van der Waals surface area contributed by atoms with E-state index in [2.05, 4.69) is 4.98 Å². The van der Waals surface area contributed by atoms with Crippen molar-refractivity contribution < 1.29 is 22.9 Å². The van der Waals surface area contributed by atoms with Crippen LogP contribution in [0.3, 0.4) is 0 Å². The Morgan fingerprint density at radius 2 is 1.94 bits per heavy atom. The van der Waals surface area contributed by atoms with Crippen LogP contribution in [-0.2, 0) is 4.57 Å². The minimum absolute atomic E-state index is 0.0130. The summed E-state index contributed by atoms with van der Waals surface area (Å²) in [6.45, 7) is 0.407. The zero-order valence-electron chi connectivity index (χ0n) is 19.9. The molecule has 0 saturated carbocycles. The normalized spacial score (nSPS) is 18.9. The third-order valence-electron chi connectivity index (χ3n) is 7.14. The Kier molecular flexibility index (Phi) is 5.06. The van der Waals surface area contributed by atoms with Crippen molar-refractivity contribution in [1.82, 2.24) is 19.5 Å². The summed E-state index contributed by atoms with van der Waals surface area (Å²) in [7, 11) is -0.699. The van der Waals surface area contributed by atoms with Gasteiger partial charge >= 0.3 is 6.61 Å². The van der Waals surface area contributed by atoms with Gasteiger partial charge in [-0.05, 0) is 56.1 Å². The van der Waals surface area contributed by atoms with Crippen molar-refractivity contribution in [2.75, 3.05) is 20.4 Å². The monoisotopic (exact) mass is 508 g/mol. The molecule has 0 fully saturated rings. The number of pyridine rings is 2. The fraction of sp³-hybridized carbons (Fsp3) is 0.269. The van der Waals surface area contributed by atoms with Crippen LogP contribution in [0.25, 0.3) is 16.8 Å². The fourth-order valence-corrected chi connectivity index (χ4v) is 6.17. The maximum absolute atomic E-state index is 13.3. The fourth-order valence-electron chi connectivity index (χ4n) is 5.40. The molecule has 0 saturated heterocycles. The van der Waals surface area contributed by atoms with Crippen LogP contribution >= 0.6 is 7.14 Å². The first-order valence-corrected chi connectivity index (χ1v) is 14.1. The number of hydrogen-bond donors (Lipinski definition) is 0. The van der Waals surface area contributed by atoms with Crippen molar-refractivity contribution in [3.8, 4) is 17.0 Å². The van der Waals surface area contributed by atoms with Gasteiger partial charge in [0.1, 0.15) is 12.9 Å². The highest BCUT2D eigenvalue weighted by Crippen LogP contribution is 2.53. The van der Waals surface area contributed by atoms with E-state index >= 15 is 0 Å². The number of benzene rings is 1. The maximum Gasteiger partial charge on any atom is 0.387 e. The molecule has 0 unspecified atom stereocenters. The lowest BCUT2D eigenvalue weighted by Crippen LogP contribution is -2.30. The van der Waals surface area contributed by atoms with Crippen molar-refractivity contribution in [3.63, 3.8) is 0 Å². The number of ether oxygens (including phenoxy) is 1. The number of fused-ring (bicyclic) bond motifs is 9. The van der Waals surface area contributed by atoms with E-state index in [-0.39, 0.29) is 23.6 Å². The number of halogens is 2. The quantitative estimate of drug-likeness (QED) is 0.366. The Balaban J connectivity index is 1.53. The van der Waals surface area contributed by atoms with E-state index in [9.17, 15) is 18.1 Å². The number of nitrogens with zero attached hydrogens (tertiary/aromatic N) is 4. The second-order valence-electron chi connectivity index (χ2n) is 9.61. The molecule has 2 bridgehead atoms. The molecular formula is C26H23F2N4O3P. The molecule has 4 aromatic rings. The van der Waals surface area contributed by atoms with Crippen LogP contribution in [0.15, 0.2) is 54.9 Å². The zero-order valence-corrected chi connectivity index (χ0v) is 20.7. The van der Waals surface area contributed by atoms with E-state index in [4.69, 9.17) is 9.84 Å². The van der Waals surface area contributed by atoms with Crippen LogP contribution in [0.4, 0.5) is 8.78 Å². The molecule has 6 rings (SSSR count). The molecule has 0 radical (unpaired) electrons. The third kappa shape index (κ3) is 3.45. The number of carbonyl (C=O) groups is 1. The Morgan fingerprint density at radius 1 is 1.14 bits per heavy atom. The molecule has 4 heterocycles. The molecule has 1 aliphatic carbocycles. The first-order valence-electron chi connectivity index (χ1n) is 11.5. The van der Waals surface area contributed by atoms with Crippen LogP contribution in [0.1, 0.15) is 45.6 Å². The van der Waals surface area contributed by atoms with Crippen molar-refractivity contribution in [2.45, 2.75) is 25.0 Å². The van der Waals surface area contributed by atoms with Gasteiger partial charge in [-0.25, -0.2) is 4.52 Å². The molecule has 2 atom stereocenters. The lowest BCUT2D eigenvalue weighted by molar-refractivity contribution is -0.0505. The van der Waals surface area contributed by atoms with E-state index < -0.39 is 13.8 Å². The molecule has 10 heteroatoms. The second kappa shape index (κ2) is 7.96. The zero-order chi connectivity index (χ0) is 25.4. The summed E-state index contributed by atoms with van der Waals surface area (Å²) in [5.41, 5.74) is 4.88. The molecule has 184 valence electrons. The summed E-state index contributed by atoms with van der Waals surface area (Å²) in [5.74, 6) is -0.564. The average Bonchev–Trinajstić information content (AvgIpc) is 3.36. The van der Waals surface area contributed by atoms with E-state index in [1.165, 1.54) is 6.07 Å². The number of hydrogen-bond acceptors (Lipinski definition) is 5. The molecule has 0 N–H and O–H groups in total. The van der Waals surface area contributed by atoms with Crippen LogP contribution < -0.4 is 10.0 Å². The summed E-state index contributed by atoms with van der Waals surface area (Å²) < 4.78 is 45.6. The highest BCUT2D eigenvalue weighted by Gasteiger charge is 2.46. The average molecular weight is 508 g/mol. The van der Waals surface area contributed by atoms with Crippen LogP contribution in [-0.4, -0.2) is 52.4 Å². The minimum Gasteiger partial charge on any atom is -0.434 e. The van der Waals surface area contributed by atoms with Gasteiger partial charge in [0.2, 0.25) is 0 Å². The van der Waals surface area contributed by atoms with Gasteiger partial charge in [0.05, 0.1) is 22.9 Å². The Morgan fingerprint density at radius 3 is 2.64 bits per heavy atom. The molecule has 2 aliphatic rings. The predicted molar refractivity (Wildman–Crippen MR) is 132 cm³/mol. The molecule has 0 spiro atoms. The Hall–Kier alpha value is -3.58. The Labute approximate surface area is 206 Å². The summed E-state index contributed by atoms with van der Waals surface area (Å²) in [4.78, 5) is 19.4. The van der Waals surface area contributed by atoms with Gasteiger partial charge in [0.15, 0.2) is 0 Å². The van der Waals surface area contributed by atoms with Crippen LogP contribution in [0.5, 0.6) is 5.75 Å². The van der Waals surface area contributed by atoms with Gasteiger partial charge in [0, 0.05) is 52.9 Å². The number of aromatic nitrogens is 3. The number of carbonyl (C=O) groups excluding carboxylic acids is 1. The summed E-state index contributed by atoms with van der Waals surface area (Å²) in [6, 6.07) is 12.0.